The molecule has 6 nitrogen and oxygen atoms in total. The molecule has 96 valence electrons. The van der Waals surface area contributed by atoms with Crippen molar-refractivity contribution >= 4 is 17.7 Å². The van der Waals surface area contributed by atoms with Crippen molar-refractivity contribution in [2.75, 3.05) is 7.05 Å². The van der Waals surface area contributed by atoms with Crippen molar-refractivity contribution in [1.82, 2.24) is 10.2 Å². The van der Waals surface area contributed by atoms with Crippen LogP contribution in [0.1, 0.15) is 33.1 Å². The van der Waals surface area contributed by atoms with Crippen LogP contribution in [0.25, 0.3) is 0 Å². The lowest BCUT2D eigenvalue weighted by Gasteiger charge is -2.24. The van der Waals surface area contributed by atoms with E-state index in [2.05, 4.69) is 5.32 Å². The van der Waals surface area contributed by atoms with Gasteiger partial charge in [-0.25, -0.2) is 0 Å². The van der Waals surface area contributed by atoms with Crippen LogP contribution < -0.4 is 11.1 Å². The molecule has 3 amide bonds. The summed E-state index contributed by atoms with van der Waals surface area (Å²) in [6.45, 7) is 3.55. The highest BCUT2D eigenvalue weighted by atomic mass is 16.2. The molecule has 1 aliphatic heterocycles. The number of carbonyl (C=O) groups is 3. The maximum Gasteiger partial charge on any atom is 0.252 e. The third-order valence-electron chi connectivity index (χ3n) is 2.97. The SMILES string of the molecule is CCCC(C)(N)C(=O)NC1CC(=O)N(C)C1=O. The molecule has 2 atom stereocenters. The molecule has 0 bridgehead atoms. The second kappa shape index (κ2) is 4.83. The maximum atomic E-state index is 11.9. The second-order valence-electron chi connectivity index (χ2n) is 4.69. The summed E-state index contributed by atoms with van der Waals surface area (Å²) in [7, 11) is 1.41. The molecule has 1 heterocycles. The van der Waals surface area contributed by atoms with Gasteiger partial charge < -0.3 is 11.1 Å². The molecular weight excluding hydrogens is 222 g/mol. The number of likely N-dealkylation sites (N-methyl/N-ethyl adjacent to an activating group) is 1. The first-order chi connectivity index (χ1) is 7.79. The predicted octanol–water partition coefficient (Wildman–Crippen LogP) is -0.623. The van der Waals surface area contributed by atoms with Crippen LogP contribution in [0.2, 0.25) is 0 Å². The van der Waals surface area contributed by atoms with E-state index >= 15 is 0 Å². The summed E-state index contributed by atoms with van der Waals surface area (Å²) in [5, 5.41) is 2.54. The van der Waals surface area contributed by atoms with Crippen molar-refractivity contribution in [1.29, 1.82) is 0 Å². The molecule has 1 aliphatic rings. The standard InChI is InChI=1S/C11H19N3O3/c1-4-5-11(2,12)10(17)13-7-6-8(15)14(3)9(7)16/h7H,4-6,12H2,1-3H3,(H,13,17). The van der Waals surface area contributed by atoms with Gasteiger partial charge in [-0.15, -0.1) is 0 Å². The summed E-state index contributed by atoms with van der Waals surface area (Å²) in [5.41, 5.74) is 4.84. The molecule has 1 rings (SSSR count). The van der Waals surface area contributed by atoms with Gasteiger partial charge in [-0.2, -0.15) is 0 Å². The van der Waals surface area contributed by atoms with Crippen LogP contribution in [0, 0.1) is 0 Å². The van der Waals surface area contributed by atoms with E-state index < -0.39 is 11.6 Å². The Morgan fingerprint density at radius 3 is 2.59 bits per heavy atom. The summed E-state index contributed by atoms with van der Waals surface area (Å²) in [5.74, 6) is -1.05. The van der Waals surface area contributed by atoms with Gasteiger partial charge in [0.15, 0.2) is 0 Å². The third-order valence-corrected chi connectivity index (χ3v) is 2.97. The fraction of sp³-hybridized carbons (Fsp3) is 0.727. The Kier molecular flexibility index (Phi) is 3.87. The zero-order chi connectivity index (χ0) is 13.2. The topological polar surface area (TPSA) is 92.5 Å². The van der Waals surface area contributed by atoms with Gasteiger partial charge in [0.1, 0.15) is 6.04 Å². The van der Waals surface area contributed by atoms with Gasteiger partial charge >= 0.3 is 0 Å². The predicted molar refractivity (Wildman–Crippen MR) is 61.8 cm³/mol. The molecule has 17 heavy (non-hydrogen) atoms. The summed E-state index contributed by atoms with van der Waals surface area (Å²) < 4.78 is 0. The van der Waals surface area contributed by atoms with Gasteiger partial charge in [-0.1, -0.05) is 13.3 Å². The van der Waals surface area contributed by atoms with Gasteiger partial charge in [0.05, 0.1) is 12.0 Å². The minimum atomic E-state index is -1.00. The molecule has 1 fully saturated rings. The molecule has 0 spiro atoms. The first-order valence-corrected chi connectivity index (χ1v) is 5.70. The molecule has 6 heteroatoms. The Hall–Kier alpha value is -1.43. The van der Waals surface area contributed by atoms with Crippen LogP contribution in [0.3, 0.4) is 0 Å². The van der Waals surface area contributed by atoms with Crippen LogP contribution >= 0.6 is 0 Å². The van der Waals surface area contributed by atoms with E-state index in [0.29, 0.717) is 6.42 Å². The van der Waals surface area contributed by atoms with Crippen LogP contribution in [-0.4, -0.2) is 41.2 Å². The van der Waals surface area contributed by atoms with Crippen molar-refractivity contribution in [3.8, 4) is 0 Å². The fourth-order valence-corrected chi connectivity index (χ4v) is 1.82. The molecule has 0 aliphatic carbocycles. The van der Waals surface area contributed by atoms with E-state index in [9.17, 15) is 14.4 Å². The quantitative estimate of drug-likeness (QED) is 0.641. The number of nitrogens with two attached hydrogens (primary N) is 1. The zero-order valence-electron chi connectivity index (χ0n) is 10.4. The third kappa shape index (κ3) is 2.82. The normalized spacial score (nSPS) is 23.8. The average Bonchev–Trinajstić information content (AvgIpc) is 2.46. The summed E-state index contributed by atoms with van der Waals surface area (Å²) in [6.07, 6.45) is 1.32. The van der Waals surface area contributed by atoms with E-state index in [-0.39, 0.29) is 24.1 Å². The van der Waals surface area contributed by atoms with Gasteiger partial charge in [0.2, 0.25) is 11.8 Å². The number of rotatable bonds is 4. The Bertz CT molecular complexity index is 352. The number of hydrogen-bond acceptors (Lipinski definition) is 4. The first-order valence-electron chi connectivity index (χ1n) is 5.70. The lowest BCUT2D eigenvalue weighted by molar-refractivity contribution is -0.138. The number of amides is 3. The van der Waals surface area contributed by atoms with Crippen molar-refractivity contribution in [2.45, 2.75) is 44.7 Å². The van der Waals surface area contributed by atoms with Gasteiger partial charge in [-0.05, 0) is 13.3 Å². The van der Waals surface area contributed by atoms with Crippen LogP contribution in [0.5, 0.6) is 0 Å². The van der Waals surface area contributed by atoms with Crippen LogP contribution in [-0.2, 0) is 14.4 Å². The van der Waals surface area contributed by atoms with E-state index in [1.807, 2.05) is 6.92 Å². The number of carbonyl (C=O) groups excluding carboxylic acids is 3. The molecule has 0 radical (unpaired) electrons. The van der Waals surface area contributed by atoms with Crippen LogP contribution in [0.4, 0.5) is 0 Å². The summed E-state index contributed by atoms with van der Waals surface area (Å²) >= 11 is 0. The monoisotopic (exact) mass is 241 g/mol. The average molecular weight is 241 g/mol. The summed E-state index contributed by atoms with van der Waals surface area (Å²) in [4.78, 5) is 35.7. The lowest BCUT2D eigenvalue weighted by Crippen LogP contribution is -2.55. The highest BCUT2D eigenvalue weighted by Crippen LogP contribution is 2.14. The molecule has 3 N–H and O–H groups in total. The number of nitrogens with one attached hydrogen (secondary N) is 1. The molecule has 0 aromatic rings. The Balaban J connectivity index is 2.64. The van der Waals surface area contributed by atoms with E-state index in [1.165, 1.54) is 7.05 Å². The first kappa shape index (κ1) is 13.6. The molecular formula is C11H19N3O3. The van der Waals surface area contributed by atoms with E-state index in [4.69, 9.17) is 5.73 Å². The highest BCUT2D eigenvalue weighted by Gasteiger charge is 2.39. The highest BCUT2D eigenvalue weighted by molar-refractivity contribution is 6.07. The van der Waals surface area contributed by atoms with Crippen LogP contribution in [0.15, 0.2) is 0 Å². The smallest absolute Gasteiger partial charge is 0.252 e. The van der Waals surface area contributed by atoms with E-state index in [1.54, 1.807) is 6.92 Å². The van der Waals surface area contributed by atoms with Gasteiger partial charge in [-0.3, -0.25) is 19.3 Å². The molecule has 0 aromatic heterocycles. The second-order valence-corrected chi connectivity index (χ2v) is 4.69. The van der Waals surface area contributed by atoms with Crippen molar-refractivity contribution < 1.29 is 14.4 Å². The number of likely N-dealkylation sites (tertiary alicyclic amines) is 1. The lowest BCUT2D eigenvalue weighted by atomic mass is 9.96. The number of nitrogens with zero attached hydrogens (tertiary/aromatic N) is 1. The Labute approximate surface area is 101 Å². The van der Waals surface area contributed by atoms with Gasteiger partial charge in [0, 0.05) is 7.05 Å². The fourth-order valence-electron chi connectivity index (χ4n) is 1.82. The summed E-state index contributed by atoms with van der Waals surface area (Å²) in [6, 6.07) is -0.764. The Morgan fingerprint density at radius 2 is 2.18 bits per heavy atom. The number of imide groups is 1. The maximum absolute atomic E-state index is 11.9. The molecule has 0 saturated carbocycles. The van der Waals surface area contributed by atoms with E-state index in [0.717, 1.165) is 11.3 Å². The molecule has 2 unspecified atom stereocenters. The zero-order valence-corrected chi connectivity index (χ0v) is 10.4. The molecule has 0 aromatic carbocycles. The van der Waals surface area contributed by atoms with Crippen molar-refractivity contribution in [3.63, 3.8) is 0 Å². The van der Waals surface area contributed by atoms with Crippen molar-refractivity contribution in [3.05, 3.63) is 0 Å². The number of hydrogen-bond donors (Lipinski definition) is 2. The van der Waals surface area contributed by atoms with Gasteiger partial charge in [0.25, 0.3) is 5.91 Å². The minimum Gasteiger partial charge on any atom is -0.342 e. The minimum absolute atomic E-state index is 0.0171. The largest absolute Gasteiger partial charge is 0.342 e. The Morgan fingerprint density at radius 1 is 1.59 bits per heavy atom. The molecule has 1 saturated heterocycles. The van der Waals surface area contributed by atoms with Crippen molar-refractivity contribution in [2.24, 2.45) is 5.73 Å².